The van der Waals surface area contributed by atoms with Crippen LogP contribution in [0.5, 0.6) is 23.0 Å². The maximum Gasteiger partial charge on any atom is 0.389 e. The summed E-state index contributed by atoms with van der Waals surface area (Å²) in [5.74, 6) is -1.64. The van der Waals surface area contributed by atoms with Gasteiger partial charge in [0.05, 0.1) is 24.3 Å². The van der Waals surface area contributed by atoms with Crippen molar-refractivity contribution >= 4 is 41.7 Å². The van der Waals surface area contributed by atoms with Gasteiger partial charge >= 0.3 is 36.2 Å². The fraction of sp³-hybridized carbons (Fsp3) is 0.263. The van der Waals surface area contributed by atoms with Crippen LogP contribution in [0.15, 0.2) is 157 Å². The van der Waals surface area contributed by atoms with Gasteiger partial charge in [-0.1, -0.05) is 48.0 Å². The van der Waals surface area contributed by atoms with E-state index in [4.69, 9.17) is 39.9 Å². The van der Waals surface area contributed by atoms with Gasteiger partial charge in [-0.3, -0.25) is 0 Å². The Kier molecular flexibility index (Phi) is 19.9. The number of hydrogen-bond donors (Lipinski definition) is 2. The molecule has 4 N–H and O–H groups in total. The van der Waals surface area contributed by atoms with Gasteiger partial charge in [-0.15, -0.1) is 0 Å². The van der Waals surface area contributed by atoms with Crippen LogP contribution in [0.1, 0.15) is 82.4 Å². The van der Waals surface area contributed by atoms with Crippen molar-refractivity contribution in [3.8, 4) is 23.0 Å². The van der Waals surface area contributed by atoms with Crippen LogP contribution < -0.4 is 30.4 Å². The van der Waals surface area contributed by atoms with Crippen molar-refractivity contribution in [1.29, 1.82) is 0 Å². The van der Waals surface area contributed by atoms with E-state index in [0.717, 1.165) is 16.8 Å². The summed E-state index contributed by atoms with van der Waals surface area (Å²) in [6.07, 6.45) is 0.388. The minimum Gasteiger partial charge on any atom is -0.494 e. The number of allylic oxidation sites excluding steroid dienone is 4. The highest BCUT2D eigenvalue weighted by molar-refractivity contribution is 5.92. The normalized spacial score (nSPS) is 12.9. The van der Waals surface area contributed by atoms with Crippen LogP contribution in [0.3, 0.4) is 0 Å². The molecule has 0 radical (unpaired) electrons. The number of carbonyl (C=O) groups is 4. The van der Waals surface area contributed by atoms with Crippen LogP contribution >= 0.6 is 0 Å². The van der Waals surface area contributed by atoms with E-state index in [2.05, 4.69) is 0 Å². The van der Waals surface area contributed by atoms with Gasteiger partial charge < -0.3 is 39.9 Å². The third kappa shape index (κ3) is 19.9. The number of rotatable bonds is 24. The van der Waals surface area contributed by atoms with Crippen LogP contribution in [-0.2, 0) is 25.5 Å². The Balaban J connectivity index is 1.05. The Morgan fingerprint density at radius 3 is 1.33 bits per heavy atom. The molecule has 18 heteroatoms. The average molecular weight is 1040 g/mol. The summed E-state index contributed by atoms with van der Waals surface area (Å²) in [6, 6.07) is 31.4. The van der Waals surface area contributed by atoms with Crippen molar-refractivity contribution in [1.82, 2.24) is 0 Å². The first-order chi connectivity index (χ1) is 35.8. The molecule has 0 aromatic heterocycles. The Morgan fingerprint density at radius 1 is 0.507 bits per heavy atom. The fourth-order valence-electron chi connectivity index (χ4n) is 7.50. The number of anilines is 1. The van der Waals surface area contributed by atoms with Crippen molar-refractivity contribution in [2.75, 3.05) is 32.2 Å². The molecule has 1 aliphatic rings. The molecule has 75 heavy (non-hydrogen) atoms. The van der Waals surface area contributed by atoms with E-state index >= 15 is 0 Å². The lowest BCUT2D eigenvalue weighted by Gasteiger charge is -2.34. The van der Waals surface area contributed by atoms with Crippen molar-refractivity contribution in [2.24, 2.45) is 11.1 Å². The number of ether oxygens (including phenoxy) is 6. The fourth-order valence-corrected chi connectivity index (χ4v) is 7.50. The maximum absolute atomic E-state index is 13.4. The quantitative estimate of drug-likeness (QED) is 0.0150. The zero-order valence-corrected chi connectivity index (χ0v) is 40.5. The highest BCUT2D eigenvalue weighted by Gasteiger charge is 2.36. The molecule has 0 bridgehead atoms. The van der Waals surface area contributed by atoms with Gasteiger partial charge in [-0.25, -0.2) is 19.2 Å². The molecule has 0 aliphatic heterocycles. The van der Waals surface area contributed by atoms with E-state index in [1.807, 2.05) is 24.3 Å². The second kappa shape index (κ2) is 26.6. The van der Waals surface area contributed by atoms with E-state index in [9.17, 15) is 45.5 Å². The number of hydrogen-bond acceptors (Lipinski definition) is 12. The first-order valence-electron chi connectivity index (χ1n) is 23.7. The van der Waals surface area contributed by atoms with Gasteiger partial charge in [-0.2, -0.15) is 26.3 Å². The summed E-state index contributed by atoms with van der Waals surface area (Å²) >= 11 is 0. The van der Waals surface area contributed by atoms with Crippen molar-refractivity contribution in [2.45, 2.75) is 63.7 Å². The number of halogens is 6. The highest BCUT2D eigenvalue weighted by Crippen LogP contribution is 2.36. The number of nitrogen functional groups attached to an aromatic ring is 1. The van der Waals surface area contributed by atoms with Crippen molar-refractivity contribution in [3.63, 3.8) is 0 Å². The monoisotopic (exact) mass is 1040 g/mol. The summed E-state index contributed by atoms with van der Waals surface area (Å²) in [5, 5.41) is 0. The van der Waals surface area contributed by atoms with Gasteiger partial charge in [0.2, 0.25) is 0 Å². The number of carbonyl (C=O) groups excluding carboxylic acids is 4. The number of alkyl halides is 6. The predicted molar refractivity (Wildman–Crippen MR) is 268 cm³/mol. The Hall–Kier alpha value is -8.28. The van der Waals surface area contributed by atoms with E-state index in [1.165, 1.54) is 97.1 Å². The van der Waals surface area contributed by atoms with Crippen LogP contribution in [0.2, 0.25) is 0 Å². The summed E-state index contributed by atoms with van der Waals surface area (Å²) < 4.78 is 108. The molecule has 1 aliphatic carbocycles. The zero-order valence-electron chi connectivity index (χ0n) is 40.5. The summed E-state index contributed by atoms with van der Waals surface area (Å²) in [6.45, 7) is -0.573. The van der Waals surface area contributed by atoms with E-state index in [0.29, 0.717) is 54.0 Å². The molecule has 0 spiro atoms. The van der Waals surface area contributed by atoms with E-state index in [1.54, 1.807) is 36.4 Å². The summed E-state index contributed by atoms with van der Waals surface area (Å²) in [7, 11) is 0. The molecule has 0 fully saturated rings. The smallest absolute Gasteiger partial charge is 0.389 e. The number of nitrogens with two attached hydrogens (primary N) is 2. The van der Waals surface area contributed by atoms with Crippen LogP contribution in [0.4, 0.5) is 32.0 Å². The number of esters is 4. The third-order valence-electron chi connectivity index (χ3n) is 11.4. The Labute approximate surface area is 429 Å². The topological polar surface area (TPSA) is 176 Å². The molecule has 0 saturated carbocycles. The molecule has 5 aromatic carbocycles. The van der Waals surface area contributed by atoms with E-state index in [-0.39, 0.29) is 61.9 Å². The molecule has 0 saturated heterocycles. The van der Waals surface area contributed by atoms with Crippen LogP contribution in [-0.4, -0.2) is 62.7 Å². The first-order valence-corrected chi connectivity index (χ1v) is 23.7. The van der Waals surface area contributed by atoms with Crippen molar-refractivity contribution < 1.29 is 73.9 Å². The van der Waals surface area contributed by atoms with Gasteiger partial charge in [-0.05, 0) is 158 Å². The molecule has 0 unspecified atom stereocenters. The van der Waals surface area contributed by atoms with Crippen LogP contribution in [0.25, 0.3) is 12.2 Å². The van der Waals surface area contributed by atoms with E-state index < -0.39 is 54.5 Å². The van der Waals surface area contributed by atoms with Gasteiger partial charge in [0.15, 0.2) is 0 Å². The first kappa shape index (κ1) is 56.0. The zero-order chi connectivity index (χ0) is 53.9. The summed E-state index contributed by atoms with van der Waals surface area (Å²) in [4.78, 5) is 52.3. The lowest BCUT2D eigenvalue weighted by atomic mass is 9.76. The van der Waals surface area contributed by atoms with Gasteiger partial charge in [0, 0.05) is 41.8 Å². The SMILES string of the molecule is NC1=CC=C(CC(COC(=O)/C=C/c2ccc(OC(=O)c3ccc(OCCCC(F)(F)F)cc3)cc2)(COC(=O)/C=C/c2ccc(OC(=O)c3ccc(OCCCC(F)(F)F)cc3)cc2)Cc2ccc(N)cc2)CC1. The van der Waals surface area contributed by atoms with Crippen molar-refractivity contribution in [3.05, 3.63) is 185 Å². The van der Waals surface area contributed by atoms with Crippen LogP contribution in [0, 0.1) is 5.41 Å². The maximum atomic E-state index is 13.4. The van der Waals surface area contributed by atoms with Gasteiger partial charge in [0.25, 0.3) is 0 Å². The summed E-state index contributed by atoms with van der Waals surface area (Å²) in [5.41, 5.74) is 15.8. The Morgan fingerprint density at radius 2 is 0.933 bits per heavy atom. The highest BCUT2D eigenvalue weighted by atomic mass is 19.4. The van der Waals surface area contributed by atoms with Gasteiger partial charge in [0.1, 0.15) is 36.2 Å². The standard InChI is InChI=1S/C57H54F6N2O10/c58-56(59,60)31-1-33-70-47-25-13-43(14-26-47)53(68)74-49-21-7-39(8-22-49)11-29-51(66)72-37-55(35-41-3-17-45(64)18-4-41,36-42-5-19-46(65)20-6-42)38-73-52(67)30-12-40-9-23-50(24-10-40)75-54(69)44-15-27-48(28-16-44)71-34-2-32-57(61,62)63/h3-5,7-19,21-30H,1-2,6,20,31-38,64-65H2/b29-11+,30-12+. The molecule has 6 rings (SSSR count). The third-order valence-corrected chi connectivity index (χ3v) is 11.4. The molecular formula is C57H54F6N2O10. The molecule has 12 nitrogen and oxygen atoms in total. The lowest BCUT2D eigenvalue weighted by Crippen LogP contribution is -2.37. The minimum atomic E-state index is -4.27. The lowest BCUT2D eigenvalue weighted by molar-refractivity contribution is -0.148. The molecule has 0 heterocycles. The number of benzene rings is 5. The second-order valence-electron chi connectivity index (χ2n) is 17.6. The molecule has 5 aromatic rings. The molecular weight excluding hydrogens is 987 g/mol. The molecule has 0 amide bonds. The molecule has 394 valence electrons. The minimum absolute atomic E-state index is 0.131. The molecule has 0 atom stereocenters. The largest absolute Gasteiger partial charge is 0.494 e. The predicted octanol–water partition coefficient (Wildman–Crippen LogP) is 12.1. The second-order valence-corrected chi connectivity index (χ2v) is 17.6. The Bertz CT molecular complexity index is 2670. The average Bonchev–Trinajstić information content (AvgIpc) is 3.38.